The Hall–Kier alpha value is -6.00. The molecule has 0 radical (unpaired) electrons. The molecule has 10 heteroatoms. The van der Waals surface area contributed by atoms with Gasteiger partial charge in [-0.05, 0) is 80.3 Å². The molecule has 0 aliphatic carbocycles. The lowest BCUT2D eigenvalue weighted by Crippen LogP contribution is -2.13. The molecule has 264 valence electrons. The number of azo groups is 3. The quantitative estimate of drug-likeness (QED) is 0.0893. The van der Waals surface area contributed by atoms with E-state index in [1.807, 2.05) is 72.8 Å². The fourth-order valence-electron chi connectivity index (χ4n) is 5.98. The molecule has 1 aromatic heterocycles. The Labute approximate surface area is 313 Å². The standard InChI is InChI=1S/C43H41N9S/c1-4-6-7-12-30-17-19-31(20-18-30)42-50-52-43(53-42)51-46-33-23-21-32(22-24-33)45-47-39-27-28-41(37-16-11-10-15-36(37)39)49-48-40-26-25-38(44-29(3)5-2)34-13-8-9-14-35(34)40/h8-11,13-29,44H,4-7,12H2,1-3H3/b47-45+,49-48+,51-46+. The summed E-state index contributed by atoms with van der Waals surface area (Å²) in [5, 5.41) is 44.8. The fraction of sp³-hybridized carbons (Fsp3) is 0.209. The summed E-state index contributed by atoms with van der Waals surface area (Å²) >= 11 is 1.42. The average Bonchev–Trinajstić information content (AvgIpc) is 3.69. The average molecular weight is 716 g/mol. The number of rotatable bonds is 14. The highest BCUT2D eigenvalue weighted by Crippen LogP contribution is 2.38. The largest absolute Gasteiger partial charge is 0.382 e. The van der Waals surface area contributed by atoms with Crippen LogP contribution in [0.25, 0.3) is 32.1 Å². The van der Waals surface area contributed by atoms with Gasteiger partial charge in [-0.25, -0.2) is 0 Å². The summed E-state index contributed by atoms with van der Waals surface area (Å²) in [6.45, 7) is 6.59. The minimum Gasteiger partial charge on any atom is -0.382 e. The van der Waals surface area contributed by atoms with Gasteiger partial charge in [0.25, 0.3) is 5.13 Å². The highest BCUT2D eigenvalue weighted by atomic mass is 32.1. The molecule has 0 aliphatic heterocycles. The van der Waals surface area contributed by atoms with Gasteiger partial charge in [-0.15, -0.1) is 35.8 Å². The second kappa shape index (κ2) is 17.0. The Morgan fingerprint density at radius 1 is 0.566 bits per heavy atom. The monoisotopic (exact) mass is 715 g/mol. The SMILES string of the molecule is CCCCCc1ccc(-c2nnc(/N=N/c3ccc(/N=N/c4ccc(/N=N/c5ccc(NC(C)CC)c6ccccc56)c5ccccc45)cc3)s2)cc1. The molecular weight excluding hydrogens is 675 g/mol. The summed E-state index contributed by atoms with van der Waals surface area (Å²) in [7, 11) is 0. The van der Waals surface area contributed by atoms with Crippen molar-refractivity contribution >= 4 is 72.1 Å². The van der Waals surface area contributed by atoms with Crippen molar-refractivity contribution in [3.63, 3.8) is 0 Å². The van der Waals surface area contributed by atoms with Gasteiger partial charge in [0.1, 0.15) is 5.01 Å². The maximum Gasteiger partial charge on any atom is 0.252 e. The number of aryl methyl sites for hydroxylation is 1. The van der Waals surface area contributed by atoms with E-state index < -0.39 is 0 Å². The lowest BCUT2D eigenvalue weighted by atomic mass is 10.1. The Morgan fingerprint density at radius 2 is 1.11 bits per heavy atom. The molecule has 7 rings (SSSR count). The smallest absolute Gasteiger partial charge is 0.252 e. The van der Waals surface area contributed by atoms with E-state index in [1.54, 1.807) is 0 Å². The van der Waals surface area contributed by atoms with Crippen LogP contribution in [0.1, 0.15) is 52.0 Å². The van der Waals surface area contributed by atoms with Gasteiger partial charge in [-0.3, -0.25) is 0 Å². The first-order chi connectivity index (χ1) is 26.1. The molecule has 0 amide bonds. The molecule has 53 heavy (non-hydrogen) atoms. The molecular formula is C43H41N9S. The Kier molecular flexibility index (Phi) is 11.4. The van der Waals surface area contributed by atoms with Crippen LogP contribution in [0.2, 0.25) is 0 Å². The second-order valence-electron chi connectivity index (χ2n) is 12.9. The van der Waals surface area contributed by atoms with Crippen LogP contribution >= 0.6 is 11.3 Å². The number of hydrogen-bond acceptors (Lipinski definition) is 10. The van der Waals surface area contributed by atoms with Gasteiger partial charge < -0.3 is 5.32 Å². The minimum absolute atomic E-state index is 0.375. The van der Waals surface area contributed by atoms with Crippen molar-refractivity contribution in [2.45, 2.75) is 58.9 Å². The van der Waals surface area contributed by atoms with Gasteiger partial charge in [0.15, 0.2) is 0 Å². The maximum atomic E-state index is 4.71. The van der Waals surface area contributed by atoms with Crippen molar-refractivity contribution < 1.29 is 0 Å². The topological polar surface area (TPSA) is 112 Å². The van der Waals surface area contributed by atoms with Crippen LogP contribution < -0.4 is 5.32 Å². The molecule has 9 nitrogen and oxygen atoms in total. The van der Waals surface area contributed by atoms with Crippen molar-refractivity contribution in [3.8, 4) is 10.6 Å². The number of aromatic nitrogens is 2. The zero-order valence-electron chi connectivity index (χ0n) is 30.1. The van der Waals surface area contributed by atoms with Crippen molar-refractivity contribution in [1.29, 1.82) is 0 Å². The number of benzene rings is 6. The molecule has 1 atom stereocenters. The molecule has 0 aliphatic rings. The summed E-state index contributed by atoms with van der Waals surface area (Å²) in [6.07, 6.45) is 5.85. The van der Waals surface area contributed by atoms with Gasteiger partial charge in [-0.2, -0.15) is 5.11 Å². The molecule has 0 fully saturated rings. The van der Waals surface area contributed by atoms with Crippen LogP contribution in [0.4, 0.5) is 39.3 Å². The van der Waals surface area contributed by atoms with E-state index in [-0.39, 0.29) is 0 Å². The molecule has 1 N–H and O–H groups in total. The number of hydrogen-bond donors (Lipinski definition) is 1. The summed E-state index contributed by atoms with van der Waals surface area (Å²) < 4.78 is 0. The fourth-order valence-corrected chi connectivity index (χ4v) is 6.65. The van der Waals surface area contributed by atoms with Gasteiger partial charge in [0.2, 0.25) is 0 Å². The first-order valence-electron chi connectivity index (χ1n) is 18.2. The molecule has 1 unspecified atom stereocenters. The number of nitrogens with one attached hydrogen (secondary N) is 1. The van der Waals surface area contributed by atoms with Crippen molar-refractivity contribution in [3.05, 3.63) is 127 Å². The maximum absolute atomic E-state index is 4.71. The molecule has 0 saturated heterocycles. The molecule has 6 aromatic carbocycles. The second-order valence-corrected chi connectivity index (χ2v) is 13.9. The zero-order chi connectivity index (χ0) is 36.4. The minimum atomic E-state index is 0.375. The van der Waals surface area contributed by atoms with Crippen LogP contribution in [-0.4, -0.2) is 16.2 Å². The highest BCUT2D eigenvalue weighted by molar-refractivity contribution is 7.18. The lowest BCUT2D eigenvalue weighted by molar-refractivity contribution is 0.717. The molecule has 7 aromatic rings. The van der Waals surface area contributed by atoms with Crippen molar-refractivity contribution in [2.75, 3.05) is 5.32 Å². The Morgan fingerprint density at radius 3 is 1.72 bits per heavy atom. The summed E-state index contributed by atoms with van der Waals surface area (Å²) in [5.41, 5.74) is 7.20. The molecule has 1 heterocycles. The number of fused-ring (bicyclic) bond motifs is 2. The molecule has 0 saturated carbocycles. The van der Waals surface area contributed by atoms with E-state index in [1.165, 1.54) is 36.2 Å². The predicted molar refractivity (Wildman–Crippen MR) is 219 cm³/mol. The van der Waals surface area contributed by atoms with Gasteiger partial charge >= 0.3 is 0 Å². The van der Waals surface area contributed by atoms with Crippen LogP contribution in [0.15, 0.2) is 152 Å². The van der Waals surface area contributed by atoms with Crippen LogP contribution in [-0.2, 0) is 6.42 Å². The van der Waals surface area contributed by atoms with Crippen molar-refractivity contribution in [1.82, 2.24) is 10.2 Å². The van der Waals surface area contributed by atoms with Crippen LogP contribution in [0.3, 0.4) is 0 Å². The van der Waals surface area contributed by atoms with Gasteiger partial charge in [0, 0.05) is 38.8 Å². The number of anilines is 1. The third-order valence-corrected chi connectivity index (χ3v) is 9.97. The molecule has 0 spiro atoms. The normalized spacial score (nSPS) is 12.5. The Balaban J connectivity index is 1.03. The van der Waals surface area contributed by atoms with E-state index in [2.05, 4.69) is 105 Å². The van der Waals surface area contributed by atoms with Crippen LogP contribution in [0, 0.1) is 0 Å². The van der Waals surface area contributed by atoms with Crippen LogP contribution in [0.5, 0.6) is 0 Å². The van der Waals surface area contributed by atoms with E-state index in [9.17, 15) is 0 Å². The first kappa shape index (κ1) is 35.4. The third kappa shape index (κ3) is 8.73. The van der Waals surface area contributed by atoms with E-state index in [0.717, 1.165) is 67.7 Å². The highest BCUT2D eigenvalue weighted by Gasteiger charge is 2.10. The molecule has 0 bridgehead atoms. The number of unbranched alkanes of at least 4 members (excludes halogenated alkanes) is 2. The van der Waals surface area contributed by atoms with E-state index in [0.29, 0.717) is 22.5 Å². The number of nitrogens with zero attached hydrogens (tertiary/aromatic N) is 8. The van der Waals surface area contributed by atoms with E-state index in [4.69, 9.17) is 10.2 Å². The van der Waals surface area contributed by atoms with Crippen molar-refractivity contribution in [2.24, 2.45) is 30.7 Å². The summed E-state index contributed by atoms with van der Waals surface area (Å²) in [5.74, 6) is 0. The van der Waals surface area contributed by atoms with E-state index >= 15 is 0 Å². The van der Waals surface area contributed by atoms with Gasteiger partial charge in [-0.1, -0.05) is 111 Å². The Bertz CT molecular complexity index is 2400. The summed E-state index contributed by atoms with van der Waals surface area (Å²) in [4.78, 5) is 0. The first-order valence-corrected chi connectivity index (χ1v) is 19.0. The predicted octanol–water partition coefficient (Wildman–Crippen LogP) is 14.7. The third-order valence-electron chi connectivity index (χ3n) is 9.12. The van der Waals surface area contributed by atoms with Gasteiger partial charge in [0.05, 0.1) is 28.4 Å². The zero-order valence-corrected chi connectivity index (χ0v) is 31.0. The lowest BCUT2D eigenvalue weighted by Gasteiger charge is -2.15. The summed E-state index contributed by atoms with van der Waals surface area (Å²) in [6, 6.07) is 40.7.